The first kappa shape index (κ1) is 16.5. The highest BCUT2D eigenvalue weighted by Gasteiger charge is 2.03. The standard InChI is InChI=1S/C17H18ClN3S/c1-3-13-7-9-14(10-8-13)11-19-21-17(22)20-16-6-4-5-15(18)12(16)2/h4-11H,3H2,1-2H3,(H2,20,21,22)/b19-11-. The molecule has 0 aromatic heterocycles. The third-order valence-corrected chi connectivity index (χ3v) is 3.89. The number of thiocarbonyl (C=S) groups is 1. The van der Waals surface area contributed by atoms with Gasteiger partial charge >= 0.3 is 0 Å². The van der Waals surface area contributed by atoms with E-state index in [2.05, 4.69) is 34.9 Å². The van der Waals surface area contributed by atoms with Crippen molar-refractivity contribution in [2.45, 2.75) is 20.3 Å². The van der Waals surface area contributed by atoms with Gasteiger partial charge in [0.25, 0.3) is 0 Å². The number of aryl methyl sites for hydroxylation is 1. The molecule has 5 heteroatoms. The van der Waals surface area contributed by atoms with Gasteiger partial charge in [-0.1, -0.05) is 48.9 Å². The Morgan fingerprint density at radius 2 is 1.95 bits per heavy atom. The van der Waals surface area contributed by atoms with Crippen LogP contribution in [0.25, 0.3) is 0 Å². The third kappa shape index (κ3) is 4.55. The van der Waals surface area contributed by atoms with Crippen LogP contribution in [0, 0.1) is 6.92 Å². The topological polar surface area (TPSA) is 36.4 Å². The fraction of sp³-hybridized carbons (Fsp3) is 0.176. The fourth-order valence-electron chi connectivity index (χ4n) is 1.90. The van der Waals surface area contributed by atoms with E-state index in [1.807, 2.05) is 37.3 Å². The first-order valence-corrected chi connectivity index (χ1v) is 7.83. The number of hydrogen-bond donors (Lipinski definition) is 2. The summed E-state index contributed by atoms with van der Waals surface area (Å²) in [5.74, 6) is 0. The molecular weight excluding hydrogens is 314 g/mol. The lowest BCUT2D eigenvalue weighted by atomic mass is 10.1. The monoisotopic (exact) mass is 331 g/mol. The van der Waals surface area contributed by atoms with Crippen LogP contribution in [-0.4, -0.2) is 11.3 Å². The summed E-state index contributed by atoms with van der Waals surface area (Å²) in [6.45, 7) is 4.07. The largest absolute Gasteiger partial charge is 0.331 e. The van der Waals surface area contributed by atoms with Crippen LogP contribution in [0.2, 0.25) is 5.02 Å². The molecule has 0 spiro atoms. The summed E-state index contributed by atoms with van der Waals surface area (Å²) in [6.07, 6.45) is 2.76. The Kier molecular flexibility index (Phi) is 5.92. The summed E-state index contributed by atoms with van der Waals surface area (Å²) in [4.78, 5) is 0. The Bertz CT molecular complexity index is 681. The number of halogens is 1. The minimum atomic E-state index is 0.423. The molecule has 3 nitrogen and oxygen atoms in total. The highest BCUT2D eigenvalue weighted by Crippen LogP contribution is 2.22. The lowest BCUT2D eigenvalue weighted by molar-refractivity contribution is 1.05. The van der Waals surface area contributed by atoms with Gasteiger partial charge in [-0.15, -0.1) is 0 Å². The molecule has 0 saturated heterocycles. The van der Waals surface area contributed by atoms with Crippen molar-refractivity contribution < 1.29 is 0 Å². The van der Waals surface area contributed by atoms with Gasteiger partial charge in [-0.2, -0.15) is 5.10 Å². The summed E-state index contributed by atoms with van der Waals surface area (Å²) in [5.41, 5.74) is 6.95. The van der Waals surface area contributed by atoms with Crippen molar-refractivity contribution in [1.82, 2.24) is 5.43 Å². The van der Waals surface area contributed by atoms with Crippen molar-refractivity contribution >= 4 is 40.8 Å². The molecule has 0 unspecified atom stereocenters. The molecule has 0 bridgehead atoms. The van der Waals surface area contributed by atoms with Gasteiger partial charge in [-0.05, 0) is 54.4 Å². The molecule has 0 aliphatic rings. The van der Waals surface area contributed by atoms with E-state index in [1.165, 1.54) is 5.56 Å². The second kappa shape index (κ2) is 7.92. The van der Waals surface area contributed by atoms with E-state index < -0.39 is 0 Å². The van der Waals surface area contributed by atoms with Crippen molar-refractivity contribution in [1.29, 1.82) is 0 Å². The molecule has 0 radical (unpaired) electrons. The van der Waals surface area contributed by atoms with Crippen molar-refractivity contribution in [3.63, 3.8) is 0 Å². The van der Waals surface area contributed by atoms with Crippen LogP contribution in [0.1, 0.15) is 23.6 Å². The predicted molar refractivity (Wildman–Crippen MR) is 99.0 cm³/mol. The molecule has 0 heterocycles. The molecule has 2 N–H and O–H groups in total. The van der Waals surface area contributed by atoms with Gasteiger partial charge in [-0.25, -0.2) is 0 Å². The highest BCUT2D eigenvalue weighted by molar-refractivity contribution is 7.80. The summed E-state index contributed by atoms with van der Waals surface area (Å²) in [7, 11) is 0. The highest BCUT2D eigenvalue weighted by atomic mass is 35.5. The number of nitrogens with zero attached hydrogens (tertiary/aromatic N) is 1. The van der Waals surface area contributed by atoms with E-state index in [0.717, 1.165) is 23.2 Å². The van der Waals surface area contributed by atoms with Crippen LogP contribution in [0.3, 0.4) is 0 Å². The van der Waals surface area contributed by atoms with Crippen molar-refractivity contribution in [3.8, 4) is 0 Å². The Labute approximate surface area is 141 Å². The van der Waals surface area contributed by atoms with E-state index in [1.54, 1.807) is 6.21 Å². The molecule has 22 heavy (non-hydrogen) atoms. The van der Waals surface area contributed by atoms with Crippen LogP contribution >= 0.6 is 23.8 Å². The molecular formula is C17H18ClN3S. The lowest BCUT2D eigenvalue weighted by Gasteiger charge is -2.10. The molecule has 0 aliphatic heterocycles. The zero-order valence-corrected chi connectivity index (χ0v) is 14.1. The number of hydrogen-bond acceptors (Lipinski definition) is 2. The average molecular weight is 332 g/mol. The maximum atomic E-state index is 6.07. The number of benzene rings is 2. The van der Waals surface area contributed by atoms with E-state index in [9.17, 15) is 0 Å². The first-order valence-electron chi connectivity index (χ1n) is 7.04. The van der Waals surface area contributed by atoms with Crippen molar-refractivity contribution in [2.24, 2.45) is 5.10 Å². The SMILES string of the molecule is CCc1ccc(/C=N\NC(=S)Nc2cccc(Cl)c2C)cc1. The van der Waals surface area contributed by atoms with Gasteiger partial charge in [0.05, 0.1) is 6.21 Å². The summed E-state index contributed by atoms with van der Waals surface area (Å²) in [5, 5.41) is 8.34. The zero-order chi connectivity index (χ0) is 15.9. The molecule has 0 atom stereocenters. The second-order valence-corrected chi connectivity index (χ2v) is 5.65. The van der Waals surface area contributed by atoms with Crippen molar-refractivity contribution in [3.05, 3.63) is 64.2 Å². The Balaban J connectivity index is 1.91. The molecule has 0 saturated carbocycles. The molecule has 2 rings (SSSR count). The van der Waals surface area contributed by atoms with Gasteiger partial charge in [0.15, 0.2) is 5.11 Å². The maximum Gasteiger partial charge on any atom is 0.191 e. The van der Waals surface area contributed by atoms with Gasteiger partial charge in [0.1, 0.15) is 0 Å². The number of nitrogens with one attached hydrogen (secondary N) is 2. The molecule has 0 aliphatic carbocycles. The second-order valence-electron chi connectivity index (χ2n) is 4.83. The summed E-state index contributed by atoms with van der Waals surface area (Å²) in [6, 6.07) is 13.9. The minimum absolute atomic E-state index is 0.423. The van der Waals surface area contributed by atoms with Crippen LogP contribution in [0.5, 0.6) is 0 Å². The van der Waals surface area contributed by atoms with Crippen LogP contribution in [0.15, 0.2) is 47.6 Å². The normalized spacial score (nSPS) is 10.7. The summed E-state index contributed by atoms with van der Waals surface area (Å²) < 4.78 is 0. The van der Waals surface area contributed by atoms with Crippen LogP contribution in [-0.2, 0) is 6.42 Å². The van der Waals surface area contributed by atoms with Crippen LogP contribution in [0.4, 0.5) is 5.69 Å². The number of rotatable bonds is 4. The zero-order valence-electron chi connectivity index (χ0n) is 12.6. The number of anilines is 1. The van der Waals surface area contributed by atoms with Gasteiger partial charge in [0, 0.05) is 10.7 Å². The van der Waals surface area contributed by atoms with Gasteiger partial charge in [0.2, 0.25) is 0 Å². The van der Waals surface area contributed by atoms with E-state index in [0.29, 0.717) is 10.1 Å². The molecule has 2 aromatic rings. The number of hydrazone groups is 1. The quantitative estimate of drug-likeness (QED) is 0.491. The van der Waals surface area contributed by atoms with Crippen molar-refractivity contribution in [2.75, 3.05) is 5.32 Å². The maximum absolute atomic E-state index is 6.07. The van der Waals surface area contributed by atoms with E-state index >= 15 is 0 Å². The molecule has 114 valence electrons. The molecule has 0 fully saturated rings. The smallest absolute Gasteiger partial charge is 0.191 e. The molecule has 0 amide bonds. The molecule has 2 aromatic carbocycles. The Morgan fingerprint density at radius 3 is 2.64 bits per heavy atom. The lowest BCUT2D eigenvalue weighted by Crippen LogP contribution is -2.24. The fourth-order valence-corrected chi connectivity index (χ4v) is 2.24. The average Bonchev–Trinajstić information content (AvgIpc) is 2.52. The van der Waals surface area contributed by atoms with E-state index in [-0.39, 0.29) is 0 Å². The minimum Gasteiger partial charge on any atom is -0.331 e. The predicted octanol–water partition coefficient (Wildman–Crippen LogP) is 4.53. The van der Waals surface area contributed by atoms with Gasteiger partial charge < -0.3 is 5.32 Å². The summed E-state index contributed by atoms with van der Waals surface area (Å²) >= 11 is 11.3. The van der Waals surface area contributed by atoms with E-state index in [4.69, 9.17) is 23.8 Å². The van der Waals surface area contributed by atoms with Crippen LogP contribution < -0.4 is 10.7 Å². The Morgan fingerprint density at radius 1 is 1.23 bits per heavy atom. The van der Waals surface area contributed by atoms with Gasteiger partial charge in [-0.3, -0.25) is 5.43 Å². The Hall–Kier alpha value is -1.91. The first-order chi connectivity index (χ1) is 10.6. The third-order valence-electron chi connectivity index (χ3n) is 3.28.